The van der Waals surface area contributed by atoms with E-state index in [0.29, 0.717) is 23.1 Å². The van der Waals surface area contributed by atoms with Crippen molar-refractivity contribution in [3.63, 3.8) is 0 Å². The van der Waals surface area contributed by atoms with Gasteiger partial charge in [0.1, 0.15) is 5.75 Å². The minimum Gasteiger partial charge on any atom is -0.497 e. The lowest BCUT2D eigenvalue weighted by Crippen LogP contribution is -2.14. The smallest absolute Gasteiger partial charge is 0.234 e. The Morgan fingerprint density at radius 2 is 2.04 bits per heavy atom. The second-order valence-electron chi connectivity index (χ2n) is 5.36. The van der Waals surface area contributed by atoms with Gasteiger partial charge >= 0.3 is 0 Å². The van der Waals surface area contributed by atoms with E-state index in [1.165, 1.54) is 11.8 Å². The maximum absolute atomic E-state index is 12.2. The van der Waals surface area contributed by atoms with Gasteiger partial charge in [-0.05, 0) is 31.2 Å². The molecule has 1 aromatic carbocycles. The minimum atomic E-state index is -0.112. The summed E-state index contributed by atoms with van der Waals surface area (Å²) < 4.78 is 7.14. The van der Waals surface area contributed by atoms with Crippen molar-refractivity contribution in [3.8, 4) is 17.1 Å². The predicted molar refractivity (Wildman–Crippen MR) is 101 cm³/mol. The van der Waals surface area contributed by atoms with Crippen molar-refractivity contribution in [3.05, 3.63) is 48.8 Å². The molecule has 0 aliphatic heterocycles. The second kappa shape index (κ2) is 8.48. The fourth-order valence-corrected chi connectivity index (χ4v) is 3.23. The summed E-state index contributed by atoms with van der Waals surface area (Å²) >= 11 is 1.35. The molecule has 1 N–H and O–H groups in total. The molecule has 8 heteroatoms. The van der Waals surface area contributed by atoms with Gasteiger partial charge in [-0.15, -0.1) is 10.2 Å². The first kappa shape index (κ1) is 17.9. The molecular weight excluding hydrogens is 350 g/mol. The van der Waals surface area contributed by atoms with Gasteiger partial charge in [0.05, 0.1) is 12.9 Å². The number of ether oxygens (including phenoxy) is 1. The summed E-state index contributed by atoms with van der Waals surface area (Å²) in [5.74, 6) is 1.60. The zero-order valence-corrected chi connectivity index (χ0v) is 15.4. The fourth-order valence-electron chi connectivity index (χ4n) is 2.42. The average molecular weight is 369 g/mol. The van der Waals surface area contributed by atoms with Crippen LogP contribution in [0.3, 0.4) is 0 Å². The molecule has 0 bridgehead atoms. The monoisotopic (exact) mass is 369 g/mol. The summed E-state index contributed by atoms with van der Waals surface area (Å²) in [4.78, 5) is 16.2. The van der Waals surface area contributed by atoms with Crippen LogP contribution in [0.5, 0.6) is 5.75 Å². The molecule has 3 rings (SSSR count). The topological polar surface area (TPSA) is 81.9 Å². The number of methoxy groups -OCH3 is 1. The Hall–Kier alpha value is -2.87. The summed E-state index contributed by atoms with van der Waals surface area (Å²) in [7, 11) is 1.59. The van der Waals surface area contributed by atoms with Crippen molar-refractivity contribution < 1.29 is 9.53 Å². The lowest BCUT2D eigenvalue weighted by molar-refractivity contribution is -0.113. The van der Waals surface area contributed by atoms with E-state index >= 15 is 0 Å². The van der Waals surface area contributed by atoms with Crippen LogP contribution < -0.4 is 10.1 Å². The first-order valence-corrected chi connectivity index (χ1v) is 9.10. The molecule has 7 nitrogen and oxygen atoms in total. The van der Waals surface area contributed by atoms with E-state index in [-0.39, 0.29) is 11.7 Å². The van der Waals surface area contributed by atoms with E-state index in [1.54, 1.807) is 25.6 Å². The van der Waals surface area contributed by atoms with E-state index in [0.717, 1.165) is 11.4 Å². The van der Waals surface area contributed by atoms with Crippen LogP contribution >= 0.6 is 11.8 Å². The number of nitrogens with zero attached hydrogens (tertiary/aromatic N) is 4. The molecule has 0 radical (unpaired) electrons. The van der Waals surface area contributed by atoms with Crippen LogP contribution in [-0.2, 0) is 11.3 Å². The maximum atomic E-state index is 12.2. The molecule has 26 heavy (non-hydrogen) atoms. The molecule has 0 aliphatic carbocycles. The second-order valence-corrected chi connectivity index (χ2v) is 6.30. The van der Waals surface area contributed by atoms with E-state index in [9.17, 15) is 4.79 Å². The van der Waals surface area contributed by atoms with Gasteiger partial charge in [0.15, 0.2) is 11.0 Å². The highest BCUT2D eigenvalue weighted by Gasteiger charge is 2.14. The zero-order chi connectivity index (χ0) is 18.4. The molecule has 1 amide bonds. The van der Waals surface area contributed by atoms with Gasteiger partial charge in [0, 0.05) is 36.3 Å². The van der Waals surface area contributed by atoms with Crippen molar-refractivity contribution in [1.82, 2.24) is 19.7 Å². The number of anilines is 1. The minimum absolute atomic E-state index is 0.112. The van der Waals surface area contributed by atoms with Gasteiger partial charge in [-0.2, -0.15) is 0 Å². The molecule has 3 aromatic rings. The van der Waals surface area contributed by atoms with Crippen molar-refractivity contribution in [2.24, 2.45) is 0 Å². The van der Waals surface area contributed by atoms with Gasteiger partial charge in [0.2, 0.25) is 5.91 Å². The number of aromatic nitrogens is 4. The number of rotatable bonds is 7. The van der Waals surface area contributed by atoms with Crippen LogP contribution in [0, 0.1) is 0 Å². The lowest BCUT2D eigenvalue weighted by atomic mass is 10.2. The Morgan fingerprint density at radius 1 is 1.23 bits per heavy atom. The Morgan fingerprint density at radius 3 is 2.77 bits per heavy atom. The third-order valence-corrected chi connectivity index (χ3v) is 4.62. The number of thioether (sulfide) groups is 1. The van der Waals surface area contributed by atoms with E-state index in [1.807, 2.05) is 41.8 Å². The van der Waals surface area contributed by atoms with Crippen molar-refractivity contribution in [2.75, 3.05) is 18.2 Å². The van der Waals surface area contributed by atoms with Crippen LogP contribution in [0.15, 0.2) is 53.9 Å². The summed E-state index contributed by atoms with van der Waals surface area (Å²) in [6.45, 7) is 2.74. The molecule has 2 aromatic heterocycles. The molecule has 134 valence electrons. The molecule has 0 saturated carbocycles. The summed E-state index contributed by atoms with van der Waals surface area (Å²) in [5, 5.41) is 12.0. The van der Waals surface area contributed by atoms with Crippen LogP contribution in [0.1, 0.15) is 6.92 Å². The quantitative estimate of drug-likeness (QED) is 0.645. The number of pyridine rings is 1. The van der Waals surface area contributed by atoms with Crippen molar-refractivity contribution in [1.29, 1.82) is 0 Å². The molecule has 2 heterocycles. The normalized spacial score (nSPS) is 10.5. The molecule has 0 atom stereocenters. The highest BCUT2D eigenvalue weighted by molar-refractivity contribution is 7.99. The van der Waals surface area contributed by atoms with Crippen LogP contribution in [0.2, 0.25) is 0 Å². The molecule has 0 fully saturated rings. The number of benzene rings is 1. The molecule has 0 aliphatic rings. The average Bonchev–Trinajstić information content (AvgIpc) is 3.10. The number of carbonyl (C=O) groups is 1. The number of nitrogens with one attached hydrogen (secondary N) is 1. The van der Waals surface area contributed by atoms with Crippen LogP contribution in [0.4, 0.5) is 5.69 Å². The van der Waals surface area contributed by atoms with Gasteiger partial charge in [-0.1, -0.05) is 17.8 Å². The molecular formula is C18H19N5O2S. The molecule has 0 saturated heterocycles. The van der Waals surface area contributed by atoms with Gasteiger partial charge < -0.3 is 14.6 Å². The van der Waals surface area contributed by atoms with E-state index in [2.05, 4.69) is 20.5 Å². The third kappa shape index (κ3) is 4.20. The Kier molecular flexibility index (Phi) is 5.85. The standard InChI is InChI=1S/C18H19N5O2S/c1-3-23-17(13-7-9-19-10-8-13)21-22-18(23)26-12-16(24)20-14-5-4-6-15(11-14)25-2/h4-11H,3,12H2,1-2H3,(H,20,24). The Labute approximate surface area is 155 Å². The highest BCUT2D eigenvalue weighted by atomic mass is 32.2. The summed E-state index contributed by atoms with van der Waals surface area (Å²) in [6, 6.07) is 11.0. The van der Waals surface area contributed by atoms with Crippen LogP contribution in [0.25, 0.3) is 11.4 Å². The molecule has 0 unspecified atom stereocenters. The Bertz CT molecular complexity index is 882. The SMILES string of the molecule is CCn1c(SCC(=O)Nc2cccc(OC)c2)nnc1-c1ccncc1. The number of amides is 1. The molecule has 0 spiro atoms. The van der Waals surface area contributed by atoms with Gasteiger partial charge in [0.25, 0.3) is 0 Å². The van der Waals surface area contributed by atoms with Crippen LogP contribution in [-0.4, -0.2) is 38.5 Å². The first-order chi connectivity index (χ1) is 12.7. The van der Waals surface area contributed by atoms with E-state index < -0.39 is 0 Å². The summed E-state index contributed by atoms with van der Waals surface area (Å²) in [6.07, 6.45) is 3.44. The highest BCUT2D eigenvalue weighted by Crippen LogP contribution is 2.24. The number of carbonyl (C=O) groups excluding carboxylic acids is 1. The van der Waals surface area contributed by atoms with E-state index in [4.69, 9.17) is 4.74 Å². The zero-order valence-electron chi connectivity index (χ0n) is 14.5. The van der Waals surface area contributed by atoms with Crippen molar-refractivity contribution in [2.45, 2.75) is 18.6 Å². The lowest BCUT2D eigenvalue weighted by Gasteiger charge is -2.08. The third-order valence-electron chi connectivity index (χ3n) is 3.66. The Balaban J connectivity index is 1.66. The van der Waals surface area contributed by atoms with Gasteiger partial charge in [-0.3, -0.25) is 9.78 Å². The predicted octanol–water partition coefficient (Wildman–Crippen LogP) is 3.10. The largest absolute Gasteiger partial charge is 0.497 e. The fraction of sp³-hybridized carbons (Fsp3) is 0.222. The number of hydrogen-bond donors (Lipinski definition) is 1. The summed E-state index contributed by atoms with van der Waals surface area (Å²) in [5.41, 5.74) is 1.64. The van der Waals surface area contributed by atoms with Gasteiger partial charge in [-0.25, -0.2) is 0 Å². The maximum Gasteiger partial charge on any atom is 0.234 e. The van der Waals surface area contributed by atoms with Crippen molar-refractivity contribution >= 4 is 23.4 Å². The number of hydrogen-bond acceptors (Lipinski definition) is 6. The first-order valence-electron chi connectivity index (χ1n) is 8.11.